The second-order valence-corrected chi connectivity index (χ2v) is 3.83. The van der Waals surface area contributed by atoms with Crippen molar-refractivity contribution in [2.24, 2.45) is 18.7 Å². The fourth-order valence-electron chi connectivity index (χ4n) is 1.18. The normalized spacial score (nSPS) is 15.9. The molecule has 1 atom stereocenters. The summed E-state index contributed by atoms with van der Waals surface area (Å²) in [5, 5.41) is 21.6. The lowest BCUT2D eigenvalue weighted by molar-refractivity contribution is 0.00227. The Kier molecular flexibility index (Phi) is 3.17. The molecule has 0 aliphatic carbocycles. The minimum Gasteiger partial charge on any atom is -0.388 e. The summed E-state index contributed by atoms with van der Waals surface area (Å²) in [5.74, 6) is 0.588. The quantitative estimate of drug-likeness (QED) is 0.655. The summed E-state index contributed by atoms with van der Waals surface area (Å²) in [7, 11) is 1.69. The molecule has 0 aliphatic rings. The minimum atomic E-state index is -0.941. The zero-order chi connectivity index (χ0) is 10.8. The Bertz CT molecular complexity index is 298. The van der Waals surface area contributed by atoms with Crippen molar-refractivity contribution in [3.63, 3.8) is 0 Å². The van der Waals surface area contributed by atoms with E-state index in [1.54, 1.807) is 7.05 Å². The molecule has 0 bridgehead atoms. The third kappa shape index (κ3) is 2.27. The molecule has 6 heteroatoms. The number of aliphatic hydroxyl groups is 1. The van der Waals surface area contributed by atoms with Crippen LogP contribution in [-0.2, 0) is 13.5 Å². The van der Waals surface area contributed by atoms with Crippen LogP contribution in [0.3, 0.4) is 0 Å². The second kappa shape index (κ2) is 4.02. The first-order valence-corrected chi connectivity index (χ1v) is 4.63. The lowest BCUT2D eigenvalue weighted by Crippen LogP contribution is -2.45. The molecule has 0 radical (unpaired) electrons. The van der Waals surface area contributed by atoms with Crippen molar-refractivity contribution in [1.29, 1.82) is 0 Å². The molecular formula is C8H17N5O. The molecule has 1 heterocycles. The molecule has 80 valence electrons. The SMILES string of the molecule is CC(C)C(O)(CN)Cc1nnn(C)n1. The van der Waals surface area contributed by atoms with E-state index in [0.717, 1.165) is 0 Å². The van der Waals surface area contributed by atoms with Crippen LogP contribution >= 0.6 is 0 Å². The number of hydrogen-bond donors (Lipinski definition) is 2. The van der Waals surface area contributed by atoms with E-state index in [0.29, 0.717) is 12.2 Å². The molecule has 1 aromatic heterocycles. The summed E-state index contributed by atoms with van der Waals surface area (Å²) in [5.41, 5.74) is 4.59. The molecular weight excluding hydrogens is 182 g/mol. The van der Waals surface area contributed by atoms with Crippen LogP contribution in [0, 0.1) is 5.92 Å². The average molecular weight is 199 g/mol. The Morgan fingerprint density at radius 2 is 2.21 bits per heavy atom. The van der Waals surface area contributed by atoms with Gasteiger partial charge in [-0.25, -0.2) is 0 Å². The van der Waals surface area contributed by atoms with Crippen molar-refractivity contribution in [2.75, 3.05) is 6.54 Å². The van der Waals surface area contributed by atoms with Crippen LogP contribution in [0.15, 0.2) is 0 Å². The third-order valence-electron chi connectivity index (χ3n) is 2.44. The fourth-order valence-corrected chi connectivity index (χ4v) is 1.18. The van der Waals surface area contributed by atoms with Gasteiger partial charge in [0.1, 0.15) is 0 Å². The van der Waals surface area contributed by atoms with Crippen LogP contribution in [-0.4, -0.2) is 37.5 Å². The predicted octanol–water partition coefficient (Wildman–Crippen LogP) is -0.902. The van der Waals surface area contributed by atoms with E-state index in [4.69, 9.17) is 5.73 Å². The molecule has 0 amide bonds. The lowest BCUT2D eigenvalue weighted by atomic mass is 9.87. The van der Waals surface area contributed by atoms with Gasteiger partial charge in [0.25, 0.3) is 0 Å². The number of aromatic nitrogens is 4. The molecule has 14 heavy (non-hydrogen) atoms. The van der Waals surface area contributed by atoms with Gasteiger partial charge >= 0.3 is 0 Å². The van der Waals surface area contributed by atoms with Crippen LogP contribution in [0.1, 0.15) is 19.7 Å². The van der Waals surface area contributed by atoms with Crippen molar-refractivity contribution in [3.05, 3.63) is 5.82 Å². The Hall–Kier alpha value is -1.01. The van der Waals surface area contributed by atoms with Crippen molar-refractivity contribution >= 4 is 0 Å². The van der Waals surface area contributed by atoms with Gasteiger partial charge in [0.05, 0.1) is 12.6 Å². The molecule has 3 N–H and O–H groups in total. The zero-order valence-corrected chi connectivity index (χ0v) is 8.80. The smallest absolute Gasteiger partial charge is 0.177 e. The first-order chi connectivity index (χ1) is 6.48. The molecule has 0 saturated carbocycles. The fraction of sp³-hybridized carbons (Fsp3) is 0.875. The van der Waals surface area contributed by atoms with Gasteiger partial charge in [-0.05, 0) is 11.1 Å². The van der Waals surface area contributed by atoms with E-state index >= 15 is 0 Å². The van der Waals surface area contributed by atoms with Gasteiger partial charge in [-0.15, -0.1) is 10.2 Å². The van der Waals surface area contributed by atoms with Gasteiger partial charge in [0.2, 0.25) is 0 Å². The van der Waals surface area contributed by atoms with Gasteiger partial charge in [-0.3, -0.25) is 0 Å². The highest BCUT2D eigenvalue weighted by molar-refractivity contribution is 4.93. The van der Waals surface area contributed by atoms with Gasteiger partial charge in [-0.2, -0.15) is 4.80 Å². The number of hydrogen-bond acceptors (Lipinski definition) is 5. The molecule has 1 unspecified atom stereocenters. The number of aryl methyl sites for hydroxylation is 1. The maximum absolute atomic E-state index is 10.1. The van der Waals surface area contributed by atoms with E-state index in [1.807, 2.05) is 13.8 Å². The van der Waals surface area contributed by atoms with Crippen LogP contribution in [0.5, 0.6) is 0 Å². The highest BCUT2D eigenvalue weighted by Crippen LogP contribution is 2.19. The van der Waals surface area contributed by atoms with Crippen LogP contribution in [0.4, 0.5) is 0 Å². The number of rotatable bonds is 4. The predicted molar refractivity (Wildman–Crippen MR) is 51.3 cm³/mol. The summed E-state index contributed by atoms with van der Waals surface area (Å²) in [6.07, 6.45) is 0.342. The monoisotopic (exact) mass is 199 g/mol. The molecule has 1 aromatic rings. The molecule has 0 aromatic carbocycles. The molecule has 1 rings (SSSR count). The molecule has 0 fully saturated rings. The number of tetrazole rings is 1. The third-order valence-corrected chi connectivity index (χ3v) is 2.44. The highest BCUT2D eigenvalue weighted by Gasteiger charge is 2.31. The van der Waals surface area contributed by atoms with E-state index in [2.05, 4.69) is 15.4 Å². The van der Waals surface area contributed by atoms with Crippen LogP contribution < -0.4 is 5.73 Å². The van der Waals surface area contributed by atoms with Crippen molar-refractivity contribution in [1.82, 2.24) is 20.2 Å². The highest BCUT2D eigenvalue weighted by atomic mass is 16.3. The first-order valence-electron chi connectivity index (χ1n) is 4.63. The van der Waals surface area contributed by atoms with Gasteiger partial charge in [0.15, 0.2) is 5.82 Å². The summed E-state index contributed by atoms with van der Waals surface area (Å²) in [6, 6.07) is 0. The van der Waals surface area contributed by atoms with E-state index in [9.17, 15) is 5.11 Å². The molecule has 0 saturated heterocycles. The van der Waals surface area contributed by atoms with Crippen LogP contribution in [0.2, 0.25) is 0 Å². The standard InChI is InChI=1S/C8H17N5O/c1-6(2)8(14,5-9)4-7-10-12-13(3)11-7/h6,14H,4-5,9H2,1-3H3. The molecule has 6 nitrogen and oxygen atoms in total. The van der Waals surface area contributed by atoms with Crippen LogP contribution in [0.25, 0.3) is 0 Å². The van der Waals surface area contributed by atoms with E-state index in [1.165, 1.54) is 4.80 Å². The lowest BCUT2D eigenvalue weighted by Gasteiger charge is -2.29. The Morgan fingerprint density at radius 1 is 1.57 bits per heavy atom. The largest absolute Gasteiger partial charge is 0.388 e. The minimum absolute atomic E-state index is 0.0660. The van der Waals surface area contributed by atoms with E-state index < -0.39 is 5.60 Å². The summed E-state index contributed by atoms with van der Waals surface area (Å²) in [4.78, 5) is 1.37. The first kappa shape index (κ1) is 11.1. The Labute approximate surface area is 83.1 Å². The number of nitrogens with zero attached hydrogens (tertiary/aromatic N) is 4. The van der Waals surface area contributed by atoms with Gasteiger partial charge in [-0.1, -0.05) is 13.8 Å². The van der Waals surface area contributed by atoms with E-state index in [-0.39, 0.29) is 12.5 Å². The zero-order valence-electron chi connectivity index (χ0n) is 8.80. The van der Waals surface area contributed by atoms with Gasteiger partial charge < -0.3 is 10.8 Å². The van der Waals surface area contributed by atoms with Crippen molar-refractivity contribution in [3.8, 4) is 0 Å². The maximum atomic E-state index is 10.1. The summed E-state index contributed by atoms with van der Waals surface area (Å²) < 4.78 is 0. The van der Waals surface area contributed by atoms with Crippen molar-refractivity contribution < 1.29 is 5.11 Å². The number of nitrogens with two attached hydrogens (primary N) is 1. The van der Waals surface area contributed by atoms with Crippen molar-refractivity contribution in [2.45, 2.75) is 25.9 Å². The summed E-state index contributed by atoms with van der Waals surface area (Å²) >= 11 is 0. The maximum Gasteiger partial charge on any atom is 0.177 e. The topological polar surface area (TPSA) is 89.9 Å². The Morgan fingerprint density at radius 3 is 2.57 bits per heavy atom. The average Bonchev–Trinajstić information content (AvgIpc) is 2.50. The van der Waals surface area contributed by atoms with Gasteiger partial charge in [0, 0.05) is 13.0 Å². The second-order valence-electron chi connectivity index (χ2n) is 3.83. The summed E-state index contributed by atoms with van der Waals surface area (Å²) in [6.45, 7) is 4.04. The Balaban J connectivity index is 2.75. The molecule has 0 spiro atoms. The molecule has 0 aliphatic heterocycles.